The Hall–Kier alpha value is -1.72. The lowest BCUT2D eigenvalue weighted by atomic mass is 9.84. The summed E-state index contributed by atoms with van der Waals surface area (Å²) in [6.45, 7) is 3.73. The van der Waals surface area contributed by atoms with Crippen molar-refractivity contribution in [2.75, 3.05) is 6.54 Å². The van der Waals surface area contributed by atoms with Gasteiger partial charge in [0.25, 0.3) is 0 Å². The van der Waals surface area contributed by atoms with E-state index in [2.05, 4.69) is 4.72 Å². The molecule has 0 aliphatic heterocycles. The molecular weight excluding hydrogens is 289 g/mol. The van der Waals surface area contributed by atoms with Crippen molar-refractivity contribution in [1.29, 1.82) is 0 Å². The van der Waals surface area contributed by atoms with Crippen molar-refractivity contribution < 1.29 is 12.8 Å². The summed E-state index contributed by atoms with van der Waals surface area (Å²) in [7, 11) is -3.59. The summed E-state index contributed by atoms with van der Waals surface area (Å²) in [5.74, 6) is -0.332. The zero-order valence-corrected chi connectivity index (χ0v) is 12.8. The van der Waals surface area contributed by atoms with Gasteiger partial charge in [-0.25, -0.2) is 17.5 Å². The lowest BCUT2D eigenvalue weighted by molar-refractivity contribution is 0.471. The third-order valence-electron chi connectivity index (χ3n) is 3.36. The van der Waals surface area contributed by atoms with E-state index in [1.54, 1.807) is 50.2 Å². The number of benzene rings is 2. The van der Waals surface area contributed by atoms with Gasteiger partial charge in [-0.3, -0.25) is 0 Å². The second-order valence-electron chi connectivity index (χ2n) is 5.50. The van der Waals surface area contributed by atoms with Crippen LogP contribution in [0, 0.1) is 5.82 Å². The van der Waals surface area contributed by atoms with Crippen molar-refractivity contribution in [2.45, 2.75) is 24.2 Å². The fourth-order valence-corrected chi connectivity index (χ4v) is 3.30. The largest absolute Gasteiger partial charge is 0.240 e. The average Bonchev–Trinajstić information content (AvgIpc) is 2.47. The third kappa shape index (κ3) is 3.68. The predicted molar refractivity (Wildman–Crippen MR) is 81.1 cm³/mol. The number of hydrogen-bond acceptors (Lipinski definition) is 2. The fourth-order valence-electron chi connectivity index (χ4n) is 2.06. The number of sulfonamides is 1. The van der Waals surface area contributed by atoms with E-state index >= 15 is 0 Å². The van der Waals surface area contributed by atoms with Crippen LogP contribution in [0.3, 0.4) is 0 Å². The van der Waals surface area contributed by atoms with Crippen LogP contribution in [-0.2, 0) is 15.4 Å². The van der Waals surface area contributed by atoms with Gasteiger partial charge < -0.3 is 0 Å². The van der Waals surface area contributed by atoms with Crippen LogP contribution in [0.1, 0.15) is 19.4 Å². The van der Waals surface area contributed by atoms with Crippen LogP contribution >= 0.6 is 0 Å². The summed E-state index contributed by atoms with van der Waals surface area (Å²) in [4.78, 5) is 0.203. The summed E-state index contributed by atoms with van der Waals surface area (Å²) in [6.07, 6.45) is 0. The van der Waals surface area contributed by atoms with Gasteiger partial charge in [-0.05, 0) is 23.8 Å². The molecular formula is C16H18FNO2S. The summed E-state index contributed by atoms with van der Waals surface area (Å²) in [6, 6.07) is 14.5. The van der Waals surface area contributed by atoms with Crippen molar-refractivity contribution in [1.82, 2.24) is 4.72 Å². The Bertz CT molecular complexity index is 712. The predicted octanol–water partition coefficient (Wildman–Crippen LogP) is 3.08. The number of halogens is 1. The Morgan fingerprint density at radius 1 is 1.00 bits per heavy atom. The molecule has 0 amide bonds. The van der Waals surface area contributed by atoms with Crippen LogP contribution in [0.15, 0.2) is 59.5 Å². The molecule has 0 aliphatic rings. The van der Waals surface area contributed by atoms with Gasteiger partial charge >= 0.3 is 0 Å². The Morgan fingerprint density at radius 3 is 2.19 bits per heavy atom. The fraction of sp³-hybridized carbons (Fsp3) is 0.250. The minimum absolute atomic E-state index is 0.116. The maximum absolute atomic E-state index is 13.9. The van der Waals surface area contributed by atoms with E-state index in [-0.39, 0.29) is 17.3 Å². The Morgan fingerprint density at radius 2 is 1.57 bits per heavy atom. The van der Waals surface area contributed by atoms with E-state index in [1.807, 2.05) is 0 Å². The monoisotopic (exact) mass is 307 g/mol. The van der Waals surface area contributed by atoms with Gasteiger partial charge in [0.15, 0.2) is 0 Å². The molecule has 0 aromatic heterocycles. The average molecular weight is 307 g/mol. The molecule has 0 heterocycles. The minimum Gasteiger partial charge on any atom is -0.210 e. The molecule has 3 nitrogen and oxygen atoms in total. The van der Waals surface area contributed by atoms with Crippen molar-refractivity contribution >= 4 is 10.0 Å². The minimum atomic E-state index is -3.59. The van der Waals surface area contributed by atoms with E-state index in [0.29, 0.717) is 5.56 Å². The van der Waals surface area contributed by atoms with Gasteiger partial charge in [-0.1, -0.05) is 50.2 Å². The van der Waals surface area contributed by atoms with Crippen molar-refractivity contribution in [2.24, 2.45) is 0 Å². The lowest BCUT2D eigenvalue weighted by Gasteiger charge is -2.26. The zero-order chi connectivity index (χ0) is 15.5. The molecule has 0 fully saturated rings. The van der Waals surface area contributed by atoms with Gasteiger partial charge in [-0.2, -0.15) is 0 Å². The van der Waals surface area contributed by atoms with Gasteiger partial charge in [0, 0.05) is 12.0 Å². The highest BCUT2D eigenvalue weighted by Crippen LogP contribution is 2.25. The van der Waals surface area contributed by atoms with Crippen LogP contribution < -0.4 is 4.72 Å². The van der Waals surface area contributed by atoms with Crippen LogP contribution in [0.25, 0.3) is 0 Å². The van der Waals surface area contributed by atoms with Crippen LogP contribution in [-0.4, -0.2) is 15.0 Å². The number of hydrogen-bond donors (Lipinski definition) is 1. The molecule has 2 aromatic rings. The summed E-state index contributed by atoms with van der Waals surface area (Å²) in [5.41, 5.74) is -0.159. The molecule has 5 heteroatoms. The Kier molecular flexibility index (Phi) is 4.44. The second kappa shape index (κ2) is 5.95. The molecule has 21 heavy (non-hydrogen) atoms. The van der Waals surface area contributed by atoms with Gasteiger partial charge in [0.1, 0.15) is 5.82 Å². The first-order valence-electron chi connectivity index (χ1n) is 6.63. The third-order valence-corrected chi connectivity index (χ3v) is 4.78. The molecule has 2 rings (SSSR count). The summed E-state index contributed by atoms with van der Waals surface area (Å²) < 4.78 is 40.8. The highest BCUT2D eigenvalue weighted by molar-refractivity contribution is 7.89. The van der Waals surface area contributed by atoms with Gasteiger partial charge in [0.2, 0.25) is 10.0 Å². The lowest BCUT2D eigenvalue weighted by Crippen LogP contribution is -2.37. The van der Waals surface area contributed by atoms with Gasteiger partial charge in [-0.15, -0.1) is 0 Å². The molecule has 0 atom stereocenters. The maximum Gasteiger partial charge on any atom is 0.240 e. The van der Waals surface area contributed by atoms with Gasteiger partial charge in [0.05, 0.1) is 4.90 Å². The van der Waals surface area contributed by atoms with Crippen molar-refractivity contribution in [3.63, 3.8) is 0 Å². The highest BCUT2D eigenvalue weighted by atomic mass is 32.2. The molecule has 2 aromatic carbocycles. The first-order chi connectivity index (χ1) is 9.83. The number of nitrogens with one attached hydrogen (secondary N) is 1. The number of rotatable bonds is 5. The quantitative estimate of drug-likeness (QED) is 0.922. The smallest absolute Gasteiger partial charge is 0.210 e. The first kappa shape index (κ1) is 15.7. The van der Waals surface area contributed by atoms with Crippen molar-refractivity contribution in [3.8, 4) is 0 Å². The van der Waals surface area contributed by atoms with E-state index in [1.165, 1.54) is 18.2 Å². The second-order valence-corrected chi connectivity index (χ2v) is 7.27. The SMILES string of the molecule is CC(C)(CNS(=O)(=O)c1ccccc1)c1ccccc1F. The molecule has 0 aliphatic carbocycles. The zero-order valence-electron chi connectivity index (χ0n) is 12.0. The van der Waals surface area contributed by atoms with Crippen LogP contribution in [0.5, 0.6) is 0 Å². The maximum atomic E-state index is 13.9. The topological polar surface area (TPSA) is 46.2 Å². The first-order valence-corrected chi connectivity index (χ1v) is 8.11. The molecule has 0 radical (unpaired) electrons. The summed E-state index contributed by atoms with van der Waals surface area (Å²) in [5, 5.41) is 0. The molecule has 1 N–H and O–H groups in total. The molecule has 0 saturated carbocycles. The highest BCUT2D eigenvalue weighted by Gasteiger charge is 2.26. The molecule has 0 saturated heterocycles. The standard InChI is InChI=1S/C16H18FNO2S/c1-16(2,14-10-6-7-11-15(14)17)12-18-21(19,20)13-8-4-3-5-9-13/h3-11,18H,12H2,1-2H3. The Labute approximate surface area is 124 Å². The van der Waals surface area contributed by atoms with Crippen molar-refractivity contribution in [3.05, 3.63) is 66.0 Å². The summed E-state index contributed by atoms with van der Waals surface area (Å²) >= 11 is 0. The molecule has 112 valence electrons. The van der Waals surface area contributed by atoms with E-state index in [4.69, 9.17) is 0 Å². The molecule has 0 spiro atoms. The van der Waals surface area contributed by atoms with E-state index in [0.717, 1.165) is 0 Å². The van der Waals surface area contributed by atoms with Crippen LogP contribution in [0.2, 0.25) is 0 Å². The normalized spacial score (nSPS) is 12.3. The van der Waals surface area contributed by atoms with Crippen LogP contribution in [0.4, 0.5) is 4.39 Å². The Balaban J connectivity index is 2.18. The molecule has 0 bridgehead atoms. The van der Waals surface area contributed by atoms with E-state index in [9.17, 15) is 12.8 Å². The van der Waals surface area contributed by atoms with E-state index < -0.39 is 15.4 Å². The molecule has 0 unspecified atom stereocenters.